The first kappa shape index (κ1) is 23.7. The average Bonchev–Trinajstić information content (AvgIpc) is 3.12. The Balaban J connectivity index is 1.43. The van der Waals surface area contributed by atoms with Gasteiger partial charge in [-0.3, -0.25) is 14.5 Å². The standard InChI is InChI=1S/C25H39N3O3/c29-23(21-11-4-1-5-12-21)19-22-13-6-2-9-17-28(22)20-24(30)26-15-10-18-27-16-8-3-7-14-25(27)31/h1,4-5,11-12,22-23,29H,2-3,6-10,13-20H2,(H,26,30). The monoisotopic (exact) mass is 429 g/mol. The molecule has 0 spiro atoms. The molecule has 6 heteroatoms. The third-order valence-electron chi connectivity index (χ3n) is 6.62. The lowest BCUT2D eigenvalue weighted by Gasteiger charge is -2.31. The summed E-state index contributed by atoms with van der Waals surface area (Å²) in [6, 6.07) is 10.0. The van der Waals surface area contributed by atoms with Crippen molar-refractivity contribution >= 4 is 11.8 Å². The molecule has 0 bridgehead atoms. The summed E-state index contributed by atoms with van der Waals surface area (Å²) < 4.78 is 0. The predicted octanol–water partition coefficient (Wildman–Crippen LogP) is 3.26. The van der Waals surface area contributed by atoms with E-state index in [1.807, 2.05) is 35.2 Å². The normalized spacial score (nSPS) is 21.9. The highest BCUT2D eigenvalue weighted by Crippen LogP contribution is 2.26. The van der Waals surface area contributed by atoms with Crippen LogP contribution in [0.3, 0.4) is 0 Å². The first-order chi connectivity index (χ1) is 15.1. The number of aliphatic hydroxyl groups excluding tert-OH is 1. The van der Waals surface area contributed by atoms with E-state index in [1.54, 1.807) is 0 Å². The molecule has 31 heavy (non-hydrogen) atoms. The van der Waals surface area contributed by atoms with Gasteiger partial charge < -0.3 is 15.3 Å². The molecule has 2 atom stereocenters. The van der Waals surface area contributed by atoms with Gasteiger partial charge in [0, 0.05) is 32.1 Å². The van der Waals surface area contributed by atoms with Gasteiger partial charge in [-0.05, 0) is 50.6 Å². The number of rotatable bonds is 9. The first-order valence-electron chi connectivity index (χ1n) is 12.1. The molecule has 2 fully saturated rings. The van der Waals surface area contributed by atoms with E-state index < -0.39 is 6.10 Å². The van der Waals surface area contributed by atoms with Crippen molar-refractivity contribution in [2.75, 3.05) is 32.7 Å². The molecule has 1 aromatic rings. The van der Waals surface area contributed by atoms with E-state index >= 15 is 0 Å². The van der Waals surface area contributed by atoms with Crippen LogP contribution in [0.25, 0.3) is 0 Å². The van der Waals surface area contributed by atoms with Crippen LogP contribution in [0.15, 0.2) is 30.3 Å². The van der Waals surface area contributed by atoms with Gasteiger partial charge in [-0.15, -0.1) is 0 Å². The van der Waals surface area contributed by atoms with Crippen LogP contribution in [0.1, 0.15) is 75.9 Å². The van der Waals surface area contributed by atoms with Gasteiger partial charge in [0.15, 0.2) is 0 Å². The van der Waals surface area contributed by atoms with Gasteiger partial charge in [-0.2, -0.15) is 0 Å². The molecule has 2 unspecified atom stereocenters. The fourth-order valence-corrected chi connectivity index (χ4v) is 4.79. The molecular formula is C25H39N3O3. The number of amides is 2. The maximum absolute atomic E-state index is 12.6. The number of likely N-dealkylation sites (tertiary alicyclic amines) is 2. The third-order valence-corrected chi connectivity index (χ3v) is 6.62. The van der Waals surface area contributed by atoms with Crippen molar-refractivity contribution in [3.63, 3.8) is 0 Å². The molecule has 2 saturated heterocycles. The highest BCUT2D eigenvalue weighted by atomic mass is 16.3. The van der Waals surface area contributed by atoms with Crippen molar-refractivity contribution in [2.24, 2.45) is 0 Å². The zero-order valence-electron chi connectivity index (χ0n) is 18.8. The maximum Gasteiger partial charge on any atom is 0.234 e. The van der Waals surface area contributed by atoms with Crippen LogP contribution in [0.2, 0.25) is 0 Å². The zero-order chi connectivity index (χ0) is 21.9. The molecule has 2 N–H and O–H groups in total. The number of hydrogen-bond donors (Lipinski definition) is 2. The van der Waals surface area contributed by atoms with Crippen molar-refractivity contribution in [3.8, 4) is 0 Å². The Morgan fingerprint density at radius 3 is 2.68 bits per heavy atom. The van der Waals surface area contributed by atoms with Crippen molar-refractivity contribution in [1.82, 2.24) is 15.1 Å². The summed E-state index contributed by atoms with van der Waals surface area (Å²) >= 11 is 0. The van der Waals surface area contributed by atoms with E-state index in [0.717, 1.165) is 70.1 Å². The second-order valence-electron chi connectivity index (χ2n) is 9.03. The minimum atomic E-state index is -0.499. The van der Waals surface area contributed by atoms with Gasteiger partial charge in [0.05, 0.1) is 12.6 Å². The Kier molecular flexibility index (Phi) is 9.82. The van der Waals surface area contributed by atoms with Gasteiger partial charge in [0.1, 0.15) is 0 Å². The lowest BCUT2D eigenvalue weighted by atomic mass is 9.98. The second-order valence-corrected chi connectivity index (χ2v) is 9.03. The summed E-state index contributed by atoms with van der Waals surface area (Å²) in [6.07, 6.45) is 9.30. The van der Waals surface area contributed by atoms with Crippen molar-refractivity contribution < 1.29 is 14.7 Å². The Morgan fingerprint density at radius 1 is 1.06 bits per heavy atom. The van der Waals surface area contributed by atoms with Crippen LogP contribution in [-0.4, -0.2) is 65.5 Å². The highest BCUT2D eigenvalue weighted by molar-refractivity contribution is 5.78. The molecule has 0 aliphatic carbocycles. The summed E-state index contributed by atoms with van der Waals surface area (Å²) in [5.74, 6) is 0.302. The van der Waals surface area contributed by atoms with Crippen molar-refractivity contribution in [1.29, 1.82) is 0 Å². The molecule has 2 amide bonds. The molecule has 172 valence electrons. The van der Waals surface area contributed by atoms with Gasteiger partial charge in [-0.25, -0.2) is 0 Å². The molecule has 2 aliphatic rings. The SMILES string of the molecule is O=C(CN1CCCCCC1CC(O)c1ccccc1)NCCCN1CCCCCC1=O. The molecule has 0 radical (unpaired) electrons. The fraction of sp³-hybridized carbons (Fsp3) is 0.680. The number of carbonyl (C=O) groups is 2. The topological polar surface area (TPSA) is 72.9 Å². The van der Waals surface area contributed by atoms with Crippen molar-refractivity contribution in [2.45, 2.75) is 76.4 Å². The zero-order valence-corrected chi connectivity index (χ0v) is 18.8. The predicted molar refractivity (Wildman–Crippen MR) is 123 cm³/mol. The Labute approximate surface area is 187 Å². The largest absolute Gasteiger partial charge is 0.388 e. The molecule has 2 heterocycles. The van der Waals surface area contributed by atoms with E-state index in [4.69, 9.17) is 0 Å². The fourth-order valence-electron chi connectivity index (χ4n) is 4.79. The Hall–Kier alpha value is -1.92. The number of hydrogen-bond acceptors (Lipinski definition) is 4. The Bertz CT molecular complexity index is 682. The van der Waals surface area contributed by atoms with E-state index in [0.29, 0.717) is 25.9 Å². The number of aliphatic hydroxyl groups is 1. The quantitative estimate of drug-likeness (QED) is 0.591. The van der Waals surface area contributed by atoms with Crippen LogP contribution in [0, 0.1) is 0 Å². The Morgan fingerprint density at radius 2 is 1.84 bits per heavy atom. The van der Waals surface area contributed by atoms with Crippen LogP contribution in [0.4, 0.5) is 0 Å². The summed E-state index contributed by atoms with van der Waals surface area (Å²) in [5.41, 5.74) is 0.944. The second kappa shape index (κ2) is 12.8. The van der Waals surface area contributed by atoms with E-state index in [1.165, 1.54) is 6.42 Å². The van der Waals surface area contributed by atoms with Crippen LogP contribution >= 0.6 is 0 Å². The number of nitrogens with zero attached hydrogens (tertiary/aromatic N) is 2. The summed E-state index contributed by atoms with van der Waals surface area (Å²) in [6.45, 7) is 3.48. The number of nitrogens with one attached hydrogen (secondary N) is 1. The first-order valence-corrected chi connectivity index (χ1v) is 12.1. The van der Waals surface area contributed by atoms with Crippen LogP contribution < -0.4 is 5.32 Å². The summed E-state index contributed by atoms with van der Waals surface area (Å²) in [5, 5.41) is 13.7. The lowest BCUT2D eigenvalue weighted by Crippen LogP contribution is -2.44. The molecule has 0 saturated carbocycles. The van der Waals surface area contributed by atoms with Gasteiger partial charge in [-0.1, -0.05) is 49.6 Å². The number of carbonyl (C=O) groups excluding carboxylic acids is 2. The van der Waals surface area contributed by atoms with Gasteiger partial charge in [0.2, 0.25) is 11.8 Å². The van der Waals surface area contributed by atoms with E-state index in [2.05, 4.69) is 10.2 Å². The minimum Gasteiger partial charge on any atom is -0.388 e. The molecule has 1 aromatic carbocycles. The minimum absolute atomic E-state index is 0.0447. The molecule has 3 rings (SSSR count). The summed E-state index contributed by atoms with van der Waals surface area (Å²) in [7, 11) is 0. The van der Waals surface area contributed by atoms with Gasteiger partial charge in [0.25, 0.3) is 0 Å². The third kappa shape index (κ3) is 7.93. The molecule has 6 nitrogen and oxygen atoms in total. The average molecular weight is 430 g/mol. The van der Waals surface area contributed by atoms with Crippen molar-refractivity contribution in [3.05, 3.63) is 35.9 Å². The number of benzene rings is 1. The molecule has 0 aromatic heterocycles. The van der Waals surface area contributed by atoms with Crippen LogP contribution in [0.5, 0.6) is 0 Å². The van der Waals surface area contributed by atoms with E-state index in [9.17, 15) is 14.7 Å². The maximum atomic E-state index is 12.6. The smallest absolute Gasteiger partial charge is 0.234 e. The lowest BCUT2D eigenvalue weighted by molar-refractivity contribution is -0.130. The highest BCUT2D eigenvalue weighted by Gasteiger charge is 2.26. The molecular weight excluding hydrogens is 390 g/mol. The molecule has 2 aliphatic heterocycles. The van der Waals surface area contributed by atoms with Gasteiger partial charge >= 0.3 is 0 Å². The van der Waals surface area contributed by atoms with Crippen LogP contribution in [-0.2, 0) is 9.59 Å². The van der Waals surface area contributed by atoms with E-state index in [-0.39, 0.29) is 17.9 Å². The summed E-state index contributed by atoms with van der Waals surface area (Å²) in [4.78, 5) is 28.9.